The van der Waals surface area contributed by atoms with Crippen molar-refractivity contribution in [3.8, 4) is 0 Å². The molecule has 0 atom stereocenters. The van der Waals surface area contributed by atoms with Crippen LogP contribution in [-0.2, 0) is 4.43 Å². The average Bonchev–Trinajstić information content (AvgIpc) is 2.23. The van der Waals surface area contributed by atoms with Gasteiger partial charge in [-0.1, -0.05) is 56.7 Å². The van der Waals surface area contributed by atoms with Gasteiger partial charge in [-0.25, -0.2) is 0 Å². The van der Waals surface area contributed by atoms with Crippen molar-refractivity contribution in [3.63, 3.8) is 0 Å². The van der Waals surface area contributed by atoms with Crippen LogP contribution in [-0.4, -0.2) is 14.9 Å². The molecule has 0 spiro atoms. The van der Waals surface area contributed by atoms with Gasteiger partial charge in [-0.15, -0.1) is 0 Å². The Bertz CT molecular complexity index is 419. The van der Waals surface area contributed by atoms with Crippen molar-refractivity contribution < 1.29 is 4.43 Å². The van der Waals surface area contributed by atoms with Crippen LogP contribution in [0.25, 0.3) is 6.08 Å². The summed E-state index contributed by atoms with van der Waals surface area (Å²) in [6, 6.07) is 7.82. The predicted octanol–water partition coefficient (Wildman–Crippen LogP) is 5.38. The Morgan fingerprint density at radius 2 is 1.94 bits per heavy atom. The maximum Gasteiger partial charge on any atom is 0.192 e. The van der Waals surface area contributed by atoms with Gasteiger partial charge in [0, 0.05) is 5.02 Å². The second-order valence-corrected chi connectivity index (χ2v) is 11.3. The molecule has 0 amide bonds. The van der Waals surface area contributed by atoms with Gasteiger partial charge in [0.25, 0.3) is 0 Å². The van der Waals surface area contributed by atoms with E-state index >= 15 is 0 Å². The van der Waals surface area contributed by atoms with E-state index in [0.29, 0.717) is 6.61 Å². The fourth-order valence-corrected chi connectivity index (χ4v) is 2.41. The molecule has 0 aliphatic heterocycles. The van der Waals surface area contributed by atoms with E-state index in [-0.39, 0.29) is 5.04 Å². The molecule has 18 heavy (non-hydrogen) atoms. The van der Waals surface area contributed by atoms with Crippen molar-refractivity contribution in [3.05, 3.63) is 40.9 Å². The first kappa shape index (κ1) is 15.5. The van der Waals surface area contributed by atoms with Crippen molar-refractivity contribution in [2.45, 2.75) is 38.9 Å². The normalized spacial score (nSPS) is 13.2. The van der Waals surface area contributed by atoms with E-state index in [0.717, 1.165) is 10.6 Å². The zero-order chi connectivity index (χ0) is 13.8. The second kappa shape index (κ2) is 6.05. The molecule has 0 aliphatic carbocycles. The quantitative estimate of drug-likeness (QED) is 0.674. The van der Waals surface area contributed by atoms with E-state index in [1.807, 2.05) is 24.3 Å². The molecule has 0 radical (unpaired) electrons. The van der Waals surface area contributed by atoms with Gasteiger partial charge >= 0.3 is 0 Å². The summed E-state index contributed by atoms with van der Waals surface area (Å²) < 4.78 is 6.06. The van der Waals surface area contributed by atoms with Crippen molar-refractivity contribution in [1.82, 2.24) is 0 Å². The maximum atomic E-state index is 6.06. The molecule has 100 valence electrons. The van der Waals surface area contributed by atoms with E-state index in [9.17, 15) is 0 Å². The van der Waals surface area contributed by atoms with Crippen LogP contribution in [0.4, 0.5) is 0 Å². The van der Waals surface area contributed by atoms with Gasteiger partial charge in [0.1, 0.15) is 0 Å². The molecule has 1 aromatic carbocycles. The predicted molar refractivity (Wildman–Crippen MR) is 83.6 cm³/mol. The molecule has 1 aromatic rings. The molecule has 1 nitrogen and oxygen atoms in total. The Hall–Kier alpha value is -0.573. The highest BCUT2D eigenvalue weighted by molar-refractivity contribution is 6.74. The van der Waals surface area contributed by atoms with Gasteiger partial charge in [0.05, 0.1) is 6.61 Å². The van der Waals surface area contributed by atoms with Gasteiger partial charge in [0.2, 0.25) is 0 Å². The zero-order valence-electron chi connectivity index (χ0n) is 12.0. The minimum absolute atomic E-state index is 0.261. The van der Waals surface area contributed by atoms with Gasteiger partial charge in [0.15, 0.2) is 8.32 Å². The first-order valence-electron chi connectivity index (χ1n) is 6.28. The number of hydrogen-bond acceptors (Lipinski definition) is 1. The summed E-state index contributed by atoms with van der Waals surface area (Å²) in [5.74, 6) is 0. The smallest absolute Gasteiger partial charge is 0.192 e. The molecule has 3 heteroatoms. The topological polar surface area (TPSA) is 9.23 Å². The van der Waals surface area contributed by atoms with E-state index < -0.39 is 8.32 Å². The van der Waals surface area contributed by atoms with Gasteiger partial charge in [-0.05, 0) is 35.8 Å². The van der Waals surface area contributed by atoms with Gasteiger partial charge < -0.3 is 4.43 Å². The monoisotopic (exact) mass is 282 g/mol. The molecular weight excluding hydrogens is 260 g/mol. The molecule has 0 saturated carbocycles. The molecular formula is C15H23ClOSi. The summed E-state index contributed by atoms with van der Waals surface area (Å²) in [5.41, 5.74) is 1.11. The van der Waals surface area contributed by atoms with E-state index in [1.165, 1.54) is 0 Å². The fraction of sp³-hybridized carbons (Fsp3) is 0.467. The Morgan fingerprint density at radius 1 is 1.28 bits per heavy atom. The summed E-state index contributed by atoms with van der Waals surface area (Å²) in [6.07, 6.45) is 4.12. The number of halogens is 1. The Balaban J connectivity index is 2.52. The fourth-order valence-electron chi connectivity index (χ4n) is 1.27. The molecule has 0 fully saturated rings. The molecule has 1 rings (SSSR count). The Morgan fingerprint density at radius 3 is 2.50 bits per heavy atom. The SMILES string of the molecule is CC(C)(C)[Si](C)(C)OC/C=C\c1cccc(Cl)c1. The third-order valence-corrected chi connectivity index (χ3v) is 8.24. The molecule has 0 heterocycles. The molecule has 0 bridgehead atoms. The van der Waals surface area contributed by atoms with Crippen LogP contribution in [0, 0.1) is 0 Å². The van der Waals surface area contributed by atoms with Crippen LogP contribution in [0.3, 0.4) is 0 Å². The summed E-state index contributed by atoms with van der Waals surface area (Å²) in [6.45, 7) is 11.9. The van der Waals surface area contributed by atoms with Crippen LogP contribution in [0.2, 0.25) is 23.2 Å². The lowest BCUT2D eigenvalue weighted by Gasteiger charge is -2.35. The van der Waals surface area contributed by atoms with Crippen molar-refractivity contribution in [1.29, 1.82) is 0 Å². The summed E-state index contributed by atoms with van der Waals surface area (Å²) in [4.78, 5) is 0. The second-order valence-electron chi connectivity index (χ2n) is 6.03. The lowest BCUT2D eigenvalue weighted by Crippen LogP contribution is -2.40. The average molecular weight is 283 g/mol. The van der Waals surface area contributed by atoms with Crippen LogP contribution in [0.15, 0.2) is 30.3 Å². The zero-order valence-corrected chi connectivity index (χ0v) is 13.7. The number of rotatable bonds is 4. The lowest BCUT2D eigenvalue weighted by atomic mass is 10.2. The van der Waals surface area contributed by atoms with Crippen molar-refractivity contribution >= 4 is 26.0 Å². The highest BCUT2D eigenvalue weighted by atomic mass is 35.5. The van der Waals surface area contributed by atoms with Crippen LogP contribution in [0.5, 0.6) is 0 Å². The number of hydrogen-bond donors (Lipinski definition) is 0. The molecule has 0 aromatic heterocycles. The third-order valence-electron chi connectivity index (χ3n) is 3.51. The van der Waals surface area contributed by atoms with Crippen molar-refractivity contribution in [2.75, 3.05) is 6.61 Å². The van der Waals surface area contributed by atoms with E-state index in [4.69, 9.17) is 16.0 Å². The molecule has 0 aliphatic rings. The van der Waals surface area contributed by atoms with Crippen LogP contribution < -0.4 is 0 Å². The van der Waals surface area contributed by atoms with E-state index in [1.54, 1.807) is 0 Å². The number of benzene rings is 1. The Labute approximate surface area is 117 Å². The lowest BCUT2D eigenvalue weighted by molar-refractivity contribution is 0.328. The molecule has 0 unspecified atom stereocenters. The van der Waals surface area contributed by atoms with Crippen LogP contribution in [0.1, 0.15) is 26.3 Å². The molecule has 0 saturated heterocycles. The minimum Gasteiger partial charge on any atom is -0.413 e. The maximum absolute atomic E-state index is 6.06. The molecule has 0 N–H and O–H groups in total. The summed E-state index contributed by atoms with van der Waals surface area (Å²) in [5, 5.41) is 1.03. The first-order chi connectivity index (χ1) is 8.22. The van der Waals surface area contributed by atoms with Gasteiger partial charge in [-0.2, -0.15) is 0 Å². The largest absolute Gasteiger partial charge is 0.413 e. The van der Waals surface area contributed by atoms with E-state index in [2.05, 4.69) is 46.0 Å². The van der Waals surface area contributed by atoms with Gasteiger partial charge in [-0.3, -0.25) is 0 Å². The Kier molecular flexibility index (Phi) is 5.20. The highest BCUT2D eigenvalue weighted by Gasteiger charge is 2.36. The van der Waals surface area contributed by atoms with Crippen molar-refractivity contribution in [2.24, 2.45) is 0 Å². The minimum atomic E-state index is -1.63. The van der Waals surface area contributed by atoms with Crippen LogP contribution >= 0.6 is 11.6 Å². The summed E-state index contributed by atoms with van der Waals surface area (Å²) in [7, 11) is -1.63. The first-order valence-corrected chi connectivity index (χ1v) is 9.57. The highest BCUT2D eigenvalue weighted by Crippen LogP contribution is 2.36. The standard InChI is InChI=1S/C15H23ClOSi/c1-15(2,3)18(4,5)17-11-7-9-13-8-6-10-14(16)12-13/h6-10,12H,11H2,1-5H3/b9-7-. The summed E-state index contributed by atoms with van der Waals surface area (Å²) >= 11 is 5.93. The third kappa shape index (κ3) is 4.60.